The molecule has 7 nitrogen and oxygen atoms in total. The first-order valence-corrected chi connectivity index (χ1v) is 13.9. The molecule has 1 aliphatic rings. The van der Waals surface area contributed by atoms with Gasteiger partial charge >= 0.3 is 0 Å². The standard InChI is InChI=1S/C26H31N5O2S2/c1-5-18-8-10-19(11-9-18)33-17(4)24-29-30-26(31(24)6-2)34-15-23(32)28-25-21(14-27)20-12-7-16(3)13-22(20)35-25/h8-11,16-17H,5-7,12-13,15H2,1-4H3,(H,28,32). The molecule has 0 spiro atoms. The average Bonchev–Trinajstić information content (AvgIpc) is 3.42. The highest BCUT2D eigenvalue weighted by Crippen LogP contribution is 2.39. The van der Waals surface area contributed by atoms with Crippen molar-refractivity contribution in [2.45, 2.75) is 71.2 Å². The van der Waals surface area contributed by atoms with Gasteiger partial charge in [0.05, 0.1) is 11.3 Å². The van der Waals surface area contributed by atoms with Crippen LogP contribution in [0.15, 0.2) is 29.4 Å². The van der Waals surface area contributed by atoms with Gasteiger partial charge in [0, 0.05) is 11.4 Å². The molecule has 0 radical (unpaired) electrons. The summed E-state index contributed by atoms with van der Waals surface area (Å²) in [6, 6.07) is 10.4. The zero-order chi connectivity index (χ0) is 24.9. The number of benzene rings is 1. The highest BCUT2D eigenvalue weighted by molar-refractivity contribution is 7.99. The lowest BCUT2D eigenvalue weighted by atomic mass is 9.89. The Morgan fingerprint density at radius 1 is 1.34 bits per heavy atom. The lowest BCUT2D eigenvalue weighted by molar-refractivity contribution is -0.113. The zero-order valence-corrected chi connectivity index (χ0v) is 22.3. The number of carbonyl (C=O) groups is 1. The van der Waals surface area contributed by atoms with Crippen LogP contribution >= 0.6 is 23.1 Å². The minimum atomic E-state index is -0.281. The van der Waals surface area contributed by atoms with Gasteiger partial charge in [0.15, 0.2) is 17.1 Å². The number of anilines is 1. The highest BCUT2D eigenvalue weighted by Gasteiger charge is 2.25. The number of ether oxygens (including phenoxy) is 1. The topological polar surface area (TPSA) is 92.8 Å². The van der Waals surface area contributed by atoms with E-state index in [1.165, 1.54) is 22.2 Å². The molecule has 1 amide bonds. The Bertz CT molecular complexity index is 1230. The molecule has 0 bridgehead atoms. The maximum atomic E-state index is 12.7. The van der Waals surface area contributed by atoms with E-state index >= 15 is 0 Å². The number of rotatable bonds is 9. The minimum absolute atomic E-state index is 0.148. The largest absolute Gasteiger partial charge is 0.483 e. The first-order chi connectivity index (χ1) is 16.9. The van der Waals surface area contributed by atoms with E-state index in [2.05, 4.69) is 47.6 Å². The smallest absolute Gasteiger partial charge is 0.235 e. The van der Waals surface area contributed by atoms with Crippen molar-refractivity contribution >= 4 is 34.0 Å². The van der Waals surface area contributed by atoms with Gasteiger partial charge in [-0.15, -0.1) is 21.5 Å². The fourth-order valence-electron chi connectivity index (χ4n) is 4.32. The molecule has 3 aromatic rings. The number of thiophene rings is 1. The highest BCUT2D eigenvalue weighted by atomic mass is 32.2. The number of hydrogen-bond donors (Lipinski definition) is 1. The first-order valence-electron chi connectivity index (χ1n) is 12.1. The number of nitrogens with one attached hydrogen (secondary N) is 1. The summed E-state index contributed by atoms with van der Waals surface area (Å²) in [6.07, 6.45) is 3.68. The SMILES string of the molecule is CCc1ccc(OC(C)c2nnc(SCC(=O)Nc3sc4c(c3C#N)CCC(C)C4)n2CC)cc1. The summed E-state index contributed by atoms with van der Waals surface area (Å²) in [4.78, 5) is 14.0. The van der Waals surface area contributed by atoms with Gasteiger partial charge in [-0.1, -0.05) is 37.7 Å². The maximum absolute atomic E-state index is 12.7. The molecule has 184 valence electrons. The molecule has 0 fully saturated rings. The Balaban J connectivity index is 1.39. The molecule has 9 heteroatoms. The predicted molar refractivity (Wildman–Crippen MR) is 140 cm³/mol. The van der Waals surface area contributed by atoms with E-state index in [0.29, 0.717) is 28.2 Å². The number of fused-ring (bicyclic) bond motifs is 1. The summed E-state index contributed by atoms with van der Waals surface area (Å²) in [5.74, 6) is 2.17. The van der Waals surface area contributed by atoms with Crippen LogP contribution in [0.5, 0.6) is 5.75 Å². The van der Waals surface area contributed by atoms with Gasteiger partial charge in [-0.2, -0.15) is 5.26 Å². The number of nitriles is 1. The fourth-order valence-corrected chi connectivity index (χ4v) is 6.50. The van der Waals surface area contributed by atoms with E-state index < -0.39 is 0 Å². The minimum Gasteiger partial charge on any atom is -0.483 e. The van der Waals surface area contributed by atoms with Crippen molar-refractivity contribution in [3.63, 3.8) is 0 Å². The Morgan fingerprint density at radius 2 is 2.11 bits per heavy atom. The van der Waals surface area contributed by atoms with E-state index in [0.717, 1.165) is 42.8 Å². The van der Waals surface area contributed by atoms with Crippen LogP contribution < -0.4 is 10.1 Å². The van der Waals surface area contributed by atoms with Gasteiger partial charge in [0.25, 0.3) is 0 Å². The molecule has 2 aromatic heterocycles. The Hall–Kier alpha value is -2.83. The van der Waals surface area contributed by atoms with Gasteiger partial charge in [-0.3, -0.25) is 4.79 Å². The molecule has 1 N–H and O–H groups in total. The Morgan fingerprint density at radius 3 is 2.80 bits per heavy atom. The Kier molecular flexibility index (Phi) is 8.14. The second kappa shape index (κ2) is 11.3. The maximum Gasteiger partial charge on any atom is 0.235 e. The Labute approximate surface area is 214 Å². The van der Waals surface area contributed by atoms with E-state index in [-0.39, 0.29) is 17.8 Å². The average molecular weight is 510 g/mol. The summed E-state index contributed by atoms with van der Waals surface area (Å²) in [7, 11) is 0. The lowest BCUT2D eigenvalue weighted by Crippen LogP contribution is -2.15. The monoisotopic (exact) mass is 509 g/mol. The van der Waals surface area contributed by atoms with Crippen LogP contribution in [-0.2, 0) is 30.6 Å². The molecule has 2 heterocycles. The van der Waals surface area contributed by atoms with Gasteiger partial charge < -0.3 is 14.6 Å². The van der Waals surface area contributed by atoms with Crippen molar-refractivity contribution in [3.8, 4) is 11.8 Å². The van der Waals surface area contributed by atoms with Gasteiger partial charge in [0.1, 0.15) is 16.8 Å². The number of hydrogen-bond acceptors (Lipinski definition) is 7. The molecule has 4 rings (SSSR count). The molecule has 0 saturated heterocycles. The van der Waals surface area contributed by atoms with Crippen LogP contribution in [0.25, 0.3) is 0 Å². The molecule has 0 aliphatic heterocycles. The number of thioether (sulfide) groups is 1. The molecule has 2 unspecified atom stereocenters. The molecule has 1 aromatic carbocycles. The molecule has 1 aliphatic carbocycles. The van der Waals surface area contributed by atoms with E-state index in [9.17, 15) is 10.1 Å². The molecule has 2 atom stereocenters. The van der Waals surface area contributed by atoms with Gasteiger partial charge in [-0.05, 0) is 68.7 Å². The normalized spacial score (nSPS) is 15.8. The molecule has 0 saturated carbocycles. The second-order valence-electron chi connectivity index (χ2n) is 8.85. The van der Waals surface area contributed by atoms with Crippen molar-refractivity contribution in [2.24, 2.45) is 5.92 Å². The molecular weight excluding hydrogens is 478 g/mol. The summed E-state index contributed by atoms with van der Waals surface area (Å²) in [5.41, 5.74) is 3.01. The molecular formula is C26H31N5O2S2. The molecule has 35 heavy (non-hydrogen) atoms. The third kappa shape index (κ3) is 5.71. The van der Waals surface area contributed by atoms with Crippen LogP contribution in [0, 0.1) is 17.2 Å². The van der Waals surface area contributed by atoms with E-state index in [1.54, 1.807) is 11.3 Å². The number of carbonyl (C=O) groups excluding carboxylic acids is 1. The van der Waals surface area contributed by atoms with Crippen molar-refractivity contribution < 1.29 is 9.53 Å². The number of amides is 1. The summed E-state index contributed by atoms with van der Waals surface area (Å²) in [5, 5.41) is 22.7. The third-order valence-electron chi connectivity index (χ3n) is 6.28. The lowest BCUT2D eigenvalue weighted by Gasteiger charge is -2.17. The van der Waals surface area contributed by atoms with Gasteiger partial charge in [0.2, 0.25) is 5.91 Å². The van der Waals surface area contributed by atoms with Crippen molar-refractivity contribution in [1.29, 1.82) is 5.26 Å². The van der Waals surface area contributed by atoms with Crippen molar-refractivity contribution in [3.05, 3.63) is 51.7 Å². The summed E-state index contributed by atoms with van der Waals surface area (Å²) < 4.78 is 8.07. The number of aromatic nitrogens is 3. The second-order valence-corrected chi connectivity index (χ2v) is 10.9. The zero-order valence-electron chi connectivity index (χ0n) is 20.6. The number of nitrogens with zero attached hydrogens (tertiary/aromatic N) is 4. The summed E-state index contributed by atoms with van der Waals surface area (Å²) >= 11 is 2.89. The van der Waals surface area contributed by atoms with Crippen LogP contribution in [0.3, 0.4) is 0 Å². The van der Waals surface area contributed by atoms with E-state index in [1.807, 2.05) is 30.5 Å². The van der Waals surface area contributed by atoms with Gasteiger partial charge in [-0.25, -0.2) is 0 Å². The fraction of sp³-hybridized carbons (Fsp3) is 0.462. The summed E-state index contributed by atoms with van der Waals surface area (Å²) in [6.45, 7) is 9.00. The number of aryl methyl sites for hydroxylation is 1. The van der Waals surface area contributed by atoms with Crippen LogP contribution in [0.1, 0.15) is 67.6 Å². The van der Waals surface area contributed by atoms with Crippen molar-refractivity contribution in [2.75, 3.05) is 11.1 Å². The van der Waals surface area contributed by atoms with E-state index in [4.69, 9.17) is 4.74 Å². The van der Waals surface area contributed by atoms with Crippen LogP contribution in [0.2, 0.25) is 0 Å². The predicted octanol–water partition coefficient (Wildman–Crippen LogP) is 5.79. The van der Waals surface area contributed by atoms with Crippen LogP contribution in [-0.4, -0.2) is 26.4 Å². The van der Waals surface area contributed by atoms with Crippen LogP contribution in [0.4, 0.5) is 5.00 Å². The first kappa shape index (κ1) is 25.3. The van der Waals surface area contributed by atoms with Crippen molar-refractivity contribution in [1.82, 2.24) is 14.8 Å². The quantitative estimate of drug-likeness (QED) is 0.367. The third-order valence-corrected chi connectivity index (χ3v) is 8.42.